The largest absolute Gasteiger partial charge is 0.460 e. The van der Waals surface area contributed by atoms with E-state index in [1.54, 1.807) is 36.8 Å². The van der Waals surface area contributed by atoms with E-state index in [9.17, 15) is 9.59 Å². The number of hydrogen-bond donors (Lipinski definition) is 1. The molecular formula is C22H27N5O4. The van der Waals surface area contributed by atoms with E-state index in [1.165, 1.54) is 13.4 Å². The molecular weight excluding hydrogens is 398 g/mol. The van der Waals surface area contributed by atoms with E-state index in [1.807, 2.05) is 31.2 Å². The number of rotatable bonds is 8. The van der Waals surface area contributed by atoms with Crippen molar-refractivity contribution in [1.29, 1.82) is 0 Å². The highest BCUT2D eigenvalue weighted by molar-refractivity contribution is 6.00. The lowest BCUT2D eigenvalue weighted by molar-refractivity contribution is 0.0387. The number of aromatic amines is 1. The summed E-state index contributed by atoms with van der Waals surface area (Å²) in [6.07, 6.45) is 3.10. The lowest BCUT2D eigenvalue weighted by Gasteiger charge is -2.25. The van der Waals surface area contributed by atoms with Crippen molar-refractivity contribution in [1.82, 2.24) is 24.6 Å². The van der Waals surface area contributed by atoms with Crippen molar-refractivity contribution in [2.24, 2.45) is 0 Å². The number of ether oxygens (including phenoxy) is 2. The molecule has 3 aromatic rings. The molecule has 0 bridgehead atoms. The molecule has 0 fully saturated rings. The zero-order valence-corrected chi connectivity index (χ0v) is 18.4. The van der Waals surface area contributed by atoms with E-state index >= 15 is 0 Å². The molecule has 0 aliphatic carbocycles. The lowest BCUT2D eigenvalue weighted by Crippen LogP contribution is -2.30. The summed E-state index contributed by atoms with van der Waals surface area (Å²) in [6.45, 7) is 5.92. The average molecular weight is 425 g/mol. The Balaban J connectivity index is 1.76. The summed E-state index contributed by atoms with van der Waals surface area (Å²) in [6, 6.07) is 7.58. The number of aromatic nitrogens is 4. The second-order valence-electron chi connectivity index (χ2n) is 7.28. The van der Waals surface area contributed by atoms with Crippen LogP contribution in [0.5, 0.6) is 0 Å². The molecule has 1 atom stereocenters. The summed E-state index contributed by atoms with van der Waals surface area (Å²) in [4.78, 5) is 34.2. The van der Waals surface area contributed by atoms with Crippen LogP contribution in [0.15, 0.2) is 36.9 Å². The molecule has 0 saturated heterocycles. The average Bonchev–Trinajstić information content (AvgIpc) is 3.40. The Bertz CT molecular complexity index is 1040. The van der Waals surface area contributed by atoms with Gasteiger partial charge in [0.1, 0.15) is 25.0 Å². The number of esters is 1. The van der Waals surface area contributed by atoms with Gasteiger partial charge in [-0.05, 0) is 44.0 Å². The Morgan fingerprint density at radius 3 is 2.52 bits per heavy atom. The molecule has 1 amide bonds. The third-order valence-electron chi connectivity index (χ3n) is 5.34. The van der Waals surface area contributed by atoms with Gasteiger partial charge in [0.05, 0.1) is 23.9 Å². The fraction of sp³-hybridized carbons (Fsp3) is 0.364. The van der Waals surface area contributed by atoms with Crippen LogP contribution in [0, 0.1) is 13.8 Å². The van der Waals surface area contributed by atoms with Gasteiger partial charge in [-0.1, -0.05) is 12.1 Å². The topological polar surface area (TPSA) is 102 Å². The molecule has 9 nitrogen and oxygen atoms in total. The van der Waals surface area contributed by atoms with Crippen molar-refractivity contribution in [3.8, 4) is 5.69 Å². The van der Waals surface area contributed by atoms with Crippen molar-refractivity contribution in [3.63, 3.8) is 0 Å². The minimum Gasteiger partial charge on any atom is -0.460 e. The van der Waals surface area contributed by atoms with Crippen molar-refractivity contribution in [2.75, 3.05) is 27.4 Å². The van der Waals surface area contributed by atoms with Gasteiger partial charge in [0.15, 0.2) is 0 Å². The maximum Gasteiger partial charge on any atom is 0.340 e. The number of aryl methyl sites for hydroxylation is 1. The van der Waals surface area contributed by atoms with Gasteiger partial charge < -0.3 is 19.4 Å². The number of carbonyl (C=O) groups excluding carboxylic acids is 2. The molecule has 1 N–H and O–H groups in total. The van der Waals surface area contributed by atoms with Crippen molar-refractivity contribution in [2.45, 2.75) is 26.8 Å². The molecule has 3 rings (SSSR count). The second kappa shape index (κ2) is 9.57. The minimum absolute atomic E-state index is 0.157. The monoisotopic (exact) mass is 425 g/mol. The molecule has 31 heavy (non-hydrogen) atoms. The van der Waals surface area contributed by atoms with Gasteiger partial charge in [-0.15, -0.1) is 0 Å². The van der Waals surface area contributed by atoms with Gasteiger partial charge in [0.25, 0.3) is 5.91 Å². The molecule has 1 aromatic carbocycles. The molecule has 9 heteroatoms. The predicted octanol–water partition coefficient (Wildman–Crippen LogP) is 2.85. The molecule has 2 heterocycles. The van der Waals surface area contributed by atoms with E-state index in [-0.39, 0.29) is 18.6 Å². The Morgan fingerprint density at radius 1 is 1.19 bits per heavy atom. The standard InChI is InChI=1S/C22H27N5O4/c1-14-19(22(29)31-11-10-30-5)15(2)25-20(14)21(28)26(4)16(3)17-6-8-18(9-7-17)27-13-23-12-24-27/h6-9,12-13,16,25H,10-11H2,1-5H3/t16-/m1/s1. The van der Waals surface area contributed by atoms with Gasteiger partial charge in [-0.25, -0.2) is 14.5 Å². The van der Waals surface area contributed by atoms with Crippen LogP contribution >= 0.6 is 0 Å². The molecule has 0 aliphatic heterocycles. The molecule has 164 valence electrons. The number of benzene rings is 1. The summed E-state index contributed by atoms with van der Waals surface area (Å²) in [5.74, 6) is -0.675. The van der Waals surface area contributed by atoms with E-state index in [0.717, 1.165) is 11.3 Å². The van der Waals surface area contributed by atoms with Crippen LogP contribution in [0.3, 0.4) is 0 Å². The van der Waals surface area contributed by atoms with Crippen LogP contribution in [0.2, 0.25) is 0 Å². The summed E-state index contributed by atoms with van der Waals surface area (Å²) in [5.41, 5.74) is 3.80. The van der Waals surface area contributed by atoms with E-state index in [0.29, 0.717) is 29.1 Å². The lowest BCUT2D eigenvalue weighted by atomic mass is 10.1. The molecule has 0 unspecified atom stereocenters. The molecule has 2 aromatic heterocycles. The van der Waals surface area contributed by atoms with Gasteiger partial charge in [-0.2, -0.15) is 5.10 Å². The number of nitrogens with one attached hydrogen (secondary N) is 1. The SMILES string of the molecule is COCCOC(=O)c1c(C)[nH]c(C(=O)N(C)[C@H](C)c2ccc(-n3cncn3)cc2)c1C. The number of hydrogen-bond acceptors (Lipinski definition) is 6. The van der Waals surface area contributed by atoms with Gasteiger partial charge in [-0.3, -0.25) is 4.79 Å². The number of H-pyrrole nitrogens is 1. The first-order valence-electron chi connectivity index (χ1n) is 9.92. The molecule has 0 aliphatic rings. The normalized spacial score (nSPS) is 11.9. The van der Waals surface area contributed by atoms with Crippen LogP contribution in [-0.2, 0) is 9.47 Å². The fourth-order valence-corrected chi connectivity index (χ4v) is 3.38. The number of amides is 1. The van der Waals surface area contributed by atoms with E-state index in [2.05, 4.69) is 15.1 Å². The van der Waals surface area contributed by atoms with Gasteiger partial charge in [0.2, 0.25) is 0 Å². The van der Waals surface area contributed by atoms with Gasteiger partial charge >= 0.3 is 5.97 Å². The minimum atomic E-state index is -0.471. The summed E-state index contributed by atoms with van der Waals surface area (Å²) >= 11 is 0. The first-order valence-corrected chi connectivity index (χ1v) is 9.92. The maximum atomic E-state index is 13.2. The number of methoxy groups -OCH3 is 1. The zero-order valence-electron chi connectivity index (χ0n) is 18.4. The second-order valence-corrected chi connectivity index (χ2v) is 7.28. The highest BCUT2D eigenvalue weighted by Crippen LogP contribution is 2.25. The highest BCUT2D eigenvalue weighted by atomic mass is 16.6. The molecule has 0 radical (unpaired) electrons. The summed E-state index contributed by atoms with van der Waals surface area (Å²) in [5, 5.41) is 4.11. The van der Waals surface area contributed by atoms with Crippen LogP contribution in [-0.4, -0.2) is 63.9 Å². The maximum absolute atomic E-state index is 13.2. The number of nitrogens with zero attached hydrogens (tertiary/aromatic N) is 4. The van der Waals surface area contributed by atoms with Crippen molar-refractivity contribution >= 4 is 11.9 Å². The van der Waals surface area contributed by atoms with Crippen LogP contribution in [0.1, 0.15) is 50.6 Å². The zero-order chi connectivity index (χ0) is 22.5. The molecule has 0 spiro atoms. The van der Waals surface area contributed by atoms with Crippen molar-refractivity contribution < 1.29 is 19.1 Å². The third kappa shape index (κ3) is 4.66. The summed E-state index contributed by atoms with van der Waals surface area (Å²) < 4.78 is 11.8. The third-order valence-corrected chi connectivity index (χ3v) is 5.34. The first kappa shape index (κ1) is 22.2. The van der Waals surface area contributed by atoms with Gasteiger partial charge in [0, 0.05) is 19.9 Å². The predicted molar refractivity (Wildman–Crippen MR) is 114 cm³/mol. The summed E-state index contributed by atoms with van der Waals surface area (Å²) in [7, 11) is 3.28. The van der Waals surface area contributed by atoms with E-state index < -0.39 is 5.97 Å². The van der Waals surface area contributed by atoms with E-state index in [4.69, 9.17) is 9.47 Å². The van der Waals surface area contributed by atoms with Crippen LogP contribution in [0.25, 0.3) is 5.69 Å². The smallest absolute Gasteiger partial charge is 0.340 e. The van der Waals surface area contributed by atoms with Crippen molar-refractivity contribution in [3.05, 3.63) is 65.0 Å². The van der Waals surface area contributed by atoms with Crippen LogP contribution in [0.4, 0.5) is 0 Å². The quantitative estimate of drug-likeness (QED) is 0.440. The number of carbonyl (C=O) groups is 2. The Labute approximate surface area is 181 Å². The highest BCUT2D eigenvalue weighted by Gasteiger charge is 2.27. The fourth-order valence-electron chi connectivity index (χ4n) is 3.38. The first-order chi connectivity index (χ1) is 14.8. The molecule has 0 saturated carbocycles. The van der Waals surface area contributed by atoms with Crippen LogP contribution < -0.4 is 0 Å². The Hall–Kier alpha value is -3.46. The Morgan fingerprint density at radius 2 is 1.90 bits per heavy atom. The Kier molecular flexibility index (Phi) is 6.86.